The second-order valence-electron chi connectivity index (χ2n) is 5.60. The minimum Gasteiger partial charge on any atom is -0.379 e. The number of hydrogen-bond acceptors (Lipinski definition) is 3. The number of nitrogens with two attached hydrogens (primary N) is 2. The molecule has 0 aromatic heterocycles. The first-order valence-corrected chi connectivity index (χ1v) is 7.21. The highest BCUT2D eigenvalue weighted by molar-refractivity contribution is 5.93. The molecule has 1 aliphatic rings. The highest BCUT2D eigenvalue weighted by Gasteiger charge is 2.45. The van der Waals surface area contributed by atoms with Gasteiger partial charge in [-0.2, -0.15) is 0 Å². The van der Waals surface area contributed by atoms with Crippen molar-refractivity contribution < 1.29 is 9.53 Å². The van der Waals surface area contributed by atoms with E-state index >= 15 is 0 Å². The lowest BCUT2D eigenvalue weighted by Crippen LogP contribution is -2.56. The van der Waals surface area contributed by atoms with Crippen LogP contribution in [-0.2, 0) is 16.6 Å². The van der Waals surface area contributed by atoms with Crippen LogP contribution in [0.5, 0.6) is 0 Å². The maximum atomic E-state index is 11.4. The van der Waals surface area contributed by atoms with E-state index < -0.39 is 5.91 Å². The zero-order valence-corrected chi connectivity index (χ0v) is 12.5. The summed E-state index contributed by atoms with van der Waals surface area (Å²) in [5.74, 6) is -0.392. The molecular weight excluding hydrogens is 252 g/mol. The number of methoxy groups -OCH3 is 1. The SMILES string of the molecule is CCC1(CC)c2cc(C(N)=O)ccc2CC(OC)[C@H]1N. The van der Waals surface area contributed by atoms with Crippen molar-refractivity contribution in [2.75, 3.05) is 7.11 Å². The first kappa shape index (κ1) is 15.0. The van der Waals surface area contributed by atoms with Crippen LogP contribution in [-0.4, -0.2) is 25.2 Å². The second-order valence-corrected chi connectivity index (χ2v) is 5.60. The Kier molecular flexibility index (Phi) is 4.16. The molecule has 2 atom stereocenters. The Morgan fingerprint density at radius 1 is 1.40 bits per heavy atom. The molecule has 1 amide bonds. The number of amides is 1. The van der Waals surface area contributed by atoms with Crippen LogP contribution in [0.25, 0.3) is 0 Å². The van der Waals surface area contributed by atoms with Crippen LogP contribution in [0.2, 0.25) is 0 Å². The highest BCUT2D eigenvalue weighted by atomic mass is 16.5. The molecule has 0 saturated heterocycles. The van der Waals surface area contributed by atoms with E-state index in [1.165, 1.54) is 11.1 Å². The van der Waals surface area contributed by atoms with Gasteiger partial charge in [0.1, 0.15) is 0 Å². The van der Waals surface area contributed by atoms with E-state index in [-0.39, 0.29) is 17.6 Å². The minimum absolute atomic E-state index is 0.0156. The molecule has 2 rings (SSSR count). The number of benzene rings is 1. The zero-order chi connectivity index (χ0) is 14.9. The quantitative estimate of drug-likeness (QED) is 0.879. The maximum absolute atomic E-state index is 11.4. The van der Waals surface area contributed by atoms with Gasteiger partial charge >= 0.3 is 0 Å². The number of primary amides is 1. The molecule has 1 unspecified atom stereocenters. The summed E-state index contributed by atoms with van der Waals surface area (Å²) >= 11 is 0. The first-order valence-electron chi connectivity index (χ1n) is 7.21. The fraction of sp³-hybridized carbons (Fsp3) is 0.562. The zero-order valence-electron chi connectivity index (χ0n) is 12.5. The molecule has 0 bridgehead atoms. The summed E-state index contributed by atoms with van der Waals surface area (Å²) in [6.45, 7) is 4.28. The standard InChI is InChI=1S/C16H24N2O2/c1-4-16(5-2)12-8-11(15(18)19)7-6-10(12)9-13(20-3)14(16)17/h6-8,13-14H,4-5,9,17H2,1-3H3,(H2,18,19)/t13?,14-/m1/s1. The number of ether oxygens (including phenoxy) is 1. The van der Waals surface area contributed by atoms with Crippen LogP contribution in [0.3, 0.4) is 0 Å². The van der Waals surface area contributed by atoms with E-state index in [1.807, 2.05) is 12.1 Å². The topological polar surface area (TPSA) is 78.3 Å². The number of carbonyl (C=O) groups excluding carboxylic acids is 1. The smallest absolute Gasteiger partial charge is 0.248 e. The lowest BCUT2D eigenvalue weighted by molar-refractivity contribution is 0.0400. The minimum atomic E-state index is -0.392. The second kappa shape index (κ2) is 5.54. The average molecular weight is 276 g/mol. The van der Waals surface area contributed by atoms with E-state index in [4.69, 9.17) is 16.2 Å². The molecule has 4 heteroatoms. The van der Waals surface area contributed by atoms with Gasteiger partial charge < -0.3 is 16.2 Å². The fourth-order valence-electron chi connectivity index (χ4n) is 3.58. The van der Waals surface area contributed by atoms with Crippen molar-refractivity contribution in [3.8, 4) is 0 Å². The van der Waals surface area contributed by atoms with Crippen molar-refractivity contribution in [2.45, 2.75) is 50.7 Å². The summed E-state index contributed by atoms with van der Waals surface area (Å²) in [5.41, 5.74) is 14.7. The van der Waals surface area contributed by atoms with Crippen LogP contribution < -0.4 is 11.5 Å². The third-order valence-electron chi connectivity index (χ3n) is 4.96. The van der Waals surface area contributed by atoms with Crippen LogP contribution in [0.4, 0.5) is 0 Å². The monoisotopic (exact) mass is 276 g/mol. The molecule has 20 heavy (non-hydrogen) atoms. The van der Waals surface area contributed by atoms with E-state index in [2.05, 4.69) is 13.8 Å². The molecule has 4 nitrogen and oxygen atoms in total. The van der Waals surface area contributed by atoms with Gasteiger partial charge in [-0.05, 0) is 36.1 Å². The molecule has 110 valence electrons. The van der Waals surface area contributed by atoms with E-state index in [0.29, 0.717) is 5.56 Å². The predicted octanol–water partition coefficient (Wildman–Crippen LogP) is 1.74. The summed E-state index contributed by atoms with van der Waals surface area (Å²) in [4.78, 5) is 11.4. The van der Waals surface area contributed by atoms with Crippen molar-refractivity contribution >= 4 is 5.91 Å². The Morgan fingerprint density at radius 3 is 2.55 bits per heavy atom. The molecule has 1 aliphatic carbocycles. The Hall–Kier alpha value is -1.39. The van der Waals surface area contributed by atoms with Gasteiger partial charge in [0.15, 0.2) is 0 Å². The number of carbonyl (C=O) groups is 1. The van der Waals surface area contributed by atoms with Crippen molar-refractivity contribution in [3.05, 3.63) is 34.9 Å². The number of fused-ring (bicyclic) bond motifs is 1. The average Bonchev–Trinajstić information content (AvgIpc) is 2.46. The van der Waals surface area contributed by atoms with Crippen LogP contribution >= 0.6 is 0 Å². The first-order chi connectivity index (χ1) is 9.50. The van der Waals surface area contributed by atoms with Gasteiger partial charge in [0.05, 0.1) is 6.10 Å². The van der Waals surface area contributed by atoms with Gasteiger partial charge in [0.2, 0.25) is 5.91 Å². The van der Waals surface area contributed by atoms with Gasteiger partial charge in [-0.3, -0.25) is 4.79 Å². The lowest BCUT2D eigenvalue weighted by Gasteiger charge is -2.46. The molecule has 0 saturated carbocycles. The molecule has 0 spiro atoms. The molecule has 0 aliphatic heterocycles. The summed E-state index contributed by atoms with van der Waals surface area (Å²) in [6.07, 6.45) is 2.63. The number of rotatable bonds is 4. The predicted molar refractivity (Wildman–Crippen MR) is 79.7 cm³/mol. The molecular formula is C16H24N2O2. The molecule has 0 heterocycles. The van der Waals surface area contributed by atoms with Gasteiger partial charge in [-0.1, -0.05) is 19.9 Å². The van der Waals surface area contributed by atoms with Crippen molar-refractivity contribution in [1.29, 1.82) is 0 Å². The maximum Gasteiger partial charge on any atom is 0.248 e. The van der Waals surface area contributed by atoms with Gasteiger partial charge in [-0.15, -0.1) is 0 Å². The highest BCUT2D eigenvalue weighted by Crippen LogP contribution is 2.43. The van der Waals surface area contributed by atoms with Crippen molar-refractivity contribution in [1.82, 2.24) is 0 Å². The van der Waals surface area contributed by atoms with Gasteiger partial charge in [-0.25, -0.2) is 0 Å². The van der Waals surface area contributed by atoms with E-state index in [9.17, 15) is 4.79 Å². The Balaban J connectivity index is 2.62. The van der Waals surface area contributed by atoms with E-state index in [1.54, 1.807) is 13.2 Å². The summed E-state index contributed by atoms with van der Waals surface area (Å²) in [6, 6.07) is 5.64. The van der Waals surface area contributed by atoms with Crippen molar-refractivity contribution in [3.63, 3.8) is 0 Å². The number of hydrogen-bond donors (Lipinski definition) is 2. The normalized spacial score (nSPS) is 24.2. The van der Waals surface area contributed by atoms with Crippen LogP contribution in [0.15, 0.2) is 18.2 Å². The third kappa shape index (κ3) is 2.13. The summed E-state index contributed by atoms with van der Waals surface area (Å²) in [5, 5.41) is 0. The van der Waals surface area contributed by atoms with Gasteiger partial charge in [0, 0.05) is 30.6 Å². The Morgan fingerprint density at radius 2 is 2.05 bits per heavy atom. The summed E-state index contributed by atoms with van der Waals surface area (Å²) in [7, 11) is 1.71. The fourth-order valence-corrected chi connectivity index (χ4v) is 3.58. The molecule has 4 N–H and O–H groups in total. The van der Waals surface area contributed by atoms with Crippen LogP contribution in [0, 0.1) is 0 Å². The third-order valence-corrected chi connectivity index (χ3v) is 4.96. The van der Waals surface area contributed by atoms with Gasteiger partial charge in [0.25, 0.3) is 0 Å². The molecule has 1 aromatic carbocycles. The largest absolute Gasteiger partial charge is 0.379 e. The molecule has 0 radical (unpaired) electrons. The van der Waals surface area contributed by atoms with Crippen LogP contribution in [0.1, 0.15) is 48.2 Å². The Bertz CT molecular complexity index is 509. The summed E-state index contributed by atoms with van der Waals surface area (Å²) < 4.78 is 5.58. The Labute approximate surface area is 120 Å². The lowest BCUT2D eigenvalue weighted by atomic mass is 9.62. The molecule has 0 fully saturated rings. The van der Waals surface area contributed by atoms with Crippen molar-refractivity contribution in [2.24, 2.45) is 11.5 Å². The van der Waals surface area contributed by atoms with E-state index in [0.717, 1.165) is 19.3 Å². The molecule has 1 aromatic rings.